The molecule has 0 spiro atoms. The summed E-state index contributed by atoms with van der Waals surface area (Å²) in [5, 5.41) is 10.2. The minimum absolute atomic E-state index is 0.316. The normalized spacial score (nSPS) is 17.7. The molecule has 2 aromatic heterocycles. The highest BCUT2D eigenvalue weighted by atomic mass is 32.1. The van der Waals surface area contributed by atoms with E-state index < -0.39 is 11.9 Å². The van der Waals surface area contributed by atoms with Crippen LogP contribution < -0.4 is 4.90 Å². The van der Waals surface area contributed by atoms with Crippen LogP contribution in [-0.2, 0) is 9.53 Å². The van der Waals surface area contributed by atoms with Crippen molar-refractivity contribution >= 4 is 39.3 Å². The predicted octanol–water partition coefficient (Wildman–Crippen LogP) is 2.79. The van der Waals surface area contributed by atoms with Crippen molar-refractivity contribution in [3.8, 4) is 0 Å². The number of aliphatic carboxylic acids is 1. The first-order chi connectivity index (χ1) is 11.9. The number of esters is 1. The molecular formula is C17H21N3O4S. The minimum Gasteiger partial charge on any atom is -0.481 e. The number of carboxylic acid groups (broad SMARTS) is 1. The molecule has 8 heteroatoms. The van der Waals surface area contributed by atoms with Gasteiger partial charge in [0.05, 0.1) is 17.9 Å². The molecule has 7 nitrogen and oxygen atoms in total. The van der Waals surface area contributed by atoms with E-state index >= 15 is 0 Å². The van der Waals surface area contributed by atoms with Crippen LogP contribution in [0.2, 0.25) is 0 Å². The second kappa shape index (κ2) is 6.95. The van der Waals surface area contributed by atoms with Gasteiger partial charge in [0.15, 0.2) is 0 Å². The smallest absolute Gasteiger partial charge is 0.348 e. The first-order valence-electron chi connectivity index (χ1n) is 8.35. The van der Waals surface area contributed by atoms with Crippen LogP contribution in [0.15, 0.2) is 0 Å². The summed E-state index contributed by atoms with van der Waals surface area (Å²) in [5.41, 5.74) is 0.797. The van der Waals surface area contributed by atoms with Crippen molar-refractivity contribution in [3.05, 3.63) is 16.3 Å². The van der Waals surface area contributed by atoms with Crippen LogP contribution in [0.3, 0.4) is 0 Å². The van der Waals surface area contributed by atoms with E-state index in [1.54, 1.807) is 13.8 Å². The number of carboxylic acids is 1. The van der Waals surface area contributed by atoms with Crippen molar-refractivity contribution in [2.24, 2.45) is 5.92 Å². The number of nitrogens with zero attached hydrogens (tertiary/aromatic N) is 3. The highest BCUT2D eigenvalue weighted by Gasteiger charge is 2.29. The number of hydrogen-bond donors (Lipinski definition) is 1. The molecule has 25 heavy (non-hydrogen) atoms. The van der Waals surface area contributed by atoms with E-state index in [0.717, 1.165) is 34.6 Å². The molecule has 0 radical (unpaired) electrons. The van der Waals surface area contributed by atoms with Crippen molar-refractivity contribution in [1.82, 2.24) is 9.97 Å². The lowest BCUT2D eigenvalue weighted by Gasteiger charge is -2.32. The lowest BCUT2D eigenvalue weighted by molar-refractivity contribution is -0.141. The Morgan fingerprint density at radius 3 is 2.80 bits per heavy atom. The summed E-state index contributed by atoms with van der Waals surface area (Å²) in [7, 11) is 0. The first-order valence-corrected chi connectivity index (χ1v) is 9.16. The Kier molecular flexibility index (Phi) is 4.89. The molecule has 0 saturated carbocycles. The topological polar surface area (TPSA) is 92.6 Å². The number of fused-ring (bicyclic) bond motifs is 1. The molecule has 1 aliphatic rings. The molecule has 2 aromatic rings. The summed E-state index contributed by atoms with van der Waals surface area (Å²) in [6, 6.07) is 0. The summed E-state index contributed by atoms with van der Waals surface area (Å²) >= 11 is 1.30. The van der Waals surface area contributed by atoms with E-state index in [4.69, 9.17) is 4.74 Å². The maximum atomic E-state index is 12.2. The van der Waals surface area contributed by atoms with Gasteiger partial charge in [-0.1, -0.05) is 0 Å². The molecule has 1 N–H and O–H groups in total. The zero-order valence-corrected chi connectivity index (χ0v) is 15.4. The average Bonchev–Trinajstić information content (AvgIpc) is 2.91. The van der Waals surface area contributed by atoms with Crippen molar-refractivity contribution in [3.63, 3.8) is 0 Å². The number of carbonyl (C=O) groups excluding carboxylic acids is 1. The third-order valence-corrected chi connectivity index (χ3v) is 5.58. The van der Waals surface area contributed by atoms with Crippen LogP contribution in [-0.4, -0.2) is 46.7 Å². The molecule has 3 rings (SSSR count). The molecule has 0 amide bonds. The highest BCUT2D eigenvalue weighted by Crippen LogP contribution is 2.37. The van der Waals surface area contributed by atoms with Crippen molar-refractivity contribution < 1.29 is 19.4 Å². The number of hydrogen-bond acceptors (Lipinski definition) is 7. The van der Waals surface area contributed by atoms with Crippen LogP contribution in [0.4, 0.5) is 5.82 Å². The Labute approximate surface area is 149 Å². The number of aromatic nitrogens is 2. The molecule has 0 aliphatic carbocycles. The van der Waals surface area contributed by atoms with Gasteiger partial charge >= 0.3 is 11.9 Å². The molecule has 0 bridgehead atoms. The average molecular weight is 363 g/mol. The van der Waals surface area contributed by atoms with E-state index in [9.17, 15) is 14.7 Å². The fourth-order valence-corrected chi connectivity index (χ4v) is 4.33. The number of thiophene rings is 1. The lowest BCUT2D eigenvalue weighted by atomic mass is 9.98. The van der Waals surface area contributed by atoms with E-state index in [1.165, 1.54) is 11.3 Å². The molecule has 1 atom stereocenters. The van der Waals surface area contributed by atoms with Gasteiger partial charge in [-0.3, -0.25) is 4.79 Å². The van der Waals surface area contributed by atoms with E-state index in [0.29, 0.717) is 30.3 Å². The number of carbonyl (C=O) groups is 2. The number of aryl methyl sites for hydroxylation is 2. The first kappa shape index (κ1) is 17.6. The Morgan fingerprint density at radius 1 is 1.36 bits per heavy atom. The van der Waals surface area contributed by atoms with Crippen molar-refractivity contribution in [1.29, 1.82) is 0 Å². The lowest BCUT2D eigenvalue weighted by Crippen LogP contribution is -2.39. The molecule has 3 heterocycles. The number of piperidine rings is 1. The summed E-state index contributed by atoms with van der Waals surface area (Å²) in [4.78, 5) is 35.9. The van der Waals surface area contributed by atoms with E-state index in [1.807, 2.05) is 11.8 Å². The quantitative estimate of drug-likeness (QED) is 0.835. The van der Waals surface area contributed by atoms with Gasteiger partial charge in [-0.05, 0) is 39.2 Å². The van der Waals surface area contributed by atoms with Crippen molar-refractivity contribution in [2.75, 3.05) is 24.6 Å². The van der Waals surface area contributed by atoms with E-state index in [2.05, 4.69) is 9.97 Å². The fourth-order valence-electron chi connectivity index (χ4n) is 3.21. The maximum Gasteiger partial charge on any atom is 0.348 e. The van der Waals surface area contributed by atoms with Gasteiger partial charge in [0.1, 0.15) is 21.3 Å². The monoisotopic (exact) mass is 363 g/mol. The highest BCUT2D eigenvalue weighted by molar-refractivity contribution is 7.20. The second-order valence-electron chi connectivity index (χ2n) is 6.17. The Bertz CT molecular complexity index is 833. The molecule has 1 aliphatic heterocycles. The van der Waals surface area contributed by atoms with Gasteiger partial charge in [0.2, 0.25) is 0 Å². The minimum atomic E-state index is -0.777. The molecule has 1 fully saturated rings. The fraction of sp³-hybridized carbons (Fsp3) is 0.529. The Hall–Kier alpha value is -2.22. The molecule has 134 valence electrons. The van der Waals surface area contributed by atoms with Gasteiger partial charge in [0.25, 0.3) is 0 Å². The zero-order valence-electron chi connectivity index (χ0n) is 14.5. The maximum absolute atomic E-state index is 12.2. The Morgan fingerprint density at radius 2 is 2.12 bits per heavy atom. The van der Waals surface area contributed by atoms with Crippen LogP contribution in [0.25, 0.3) is 10.2 Å². The summed E-state index contributed by atoms with van der Waals surface area (Å²) in [6.45, 7) is 6.93. The SMILES string of the molecule is CCOC(=O)c1sc2nc(C)nc(N3CCCC(C(=O)O)C3)c2c1C. The van der Waals surface area contributed by atoms with Crippen molar-refractivity contribution in [2.45, 2.75) is 33.6 Å². The van der Waals surface area contributed by atoms with Crippen LogP contribution in [0.1, 0.15) is 40.8 Å². The van der Waals surface area contributed by atoms with Gasteiger partial charge in [0, 0.05) is 13.1 Å². The summed E-state index contributed by atoms with van der Waals surface area (Å²) in [5.74, 6) is -0.202. The van der Waals surface area contributed by atoms with Gasteiger partial charge in [-0.25, -0.2) is 14.8 Å². The third-order valence-electron chi connectivity index (χ3n) is 4.41. The standard InChI is InChI=1S/C17H21N3O4S/c1-4-24-17(23)13-9(2)12-14(18-10(3)19-15(12)25-13)20-7-5-6-11(8-20)16(21)22/h11H,4-8H2,1-3H3,(H,21,22). The molecule has 0 aromatic carbocycles. The second-order valence-corrected chi connectivity index (χ2v) is 7.17. The molecular weight excluding hydrogens is 342 g/mol. The molecule has 1 unspecified atom stereocenters. The zero-order chi connectivity index (χ0) is 18.1. The van der Waals surface area contributed by atoms with Gasteiger partial charge in [-0.15, -0.1) is 11.3 Å². The van der Waals surface area contributed by atoms with Gasteiger partial charge in [-0.2, -0.15) is 0 Å². The van der Waals surface area contributed by atoms with Crippen LogP contribution in [0.5, 0.6) is 0 Å². The van der Waals surface area contributed by atoms with Crippen LogP contribution >= 0.6 is 11.3 Å². The largest absolute Gasteiger partial charge is 0.481 e. The summed E-state index contributed by atoms with van der Waals surface area (Å²) in [6.07, 6.45) is 1.48. The van der Waals surface area contributed by atoms with Gasteiger partial charge < -0.3 is 14.7 Å². The summed E-state index contributed by atoms with van der Waals surface area (Å²) < 4.78 is 5.13. The predicted molar refractivity (Wildman–Crippen MR) is 95.4 cm³/mol. The van der Waals surface area contributed by atoms with Crippen LogP contribution in [0, 0.1) is 19.8 Å². The van der Waals surface area contributed by atoms with E-state index in [-0.39, 0.29) is 5.97 Å². The Balaban J connectivity index is 2.08. The number of ether oxygens (including phenoxy) is 1. The number of anilines is 1. The third kappa shape index (κ3) is 3.30. The molecule has 1 saturated heterocycles. The number of rotatable bonds is 4.